The lowest BCUT2D eigenvalue weighted by molar-refractivity contribution is 0.108. The fourth-order valence-corrected chi connectivity index (χ4v) is 3.07. The van der Waals surface area contributed by atoms with E-state index in [1.54, 1.807) is 0 Å². The predicted molar refractivity (Wildman–Crippen MR) is 69.7 cm³/mol. The Morgan fingerprint density at radius 1 is 1.25 bits per heavy atom. The molecular weight excluding hydrogens is 196 g/mol. The molecule has 0 amide bonds. The van der Waals surface area contributed by atoms with E-state index in [1.165, 1.54) is 57.3 Å². The second-order valence-electron chi connectivity index (χ2n) is 5.78. The molecule has 0 radical (unpaired) electrons. The molecule has 2 aliphatic rings. The summed E-state index contributed by atoms with van der Waals surface area (Å²) >= 11 is 0. The summed E-state index contributed by atoms with van der Waals surface area (Å²) in [5.41, 5.74) is 1.91. The fraction of sp³-hybridized carbons (Fsp3) is 0.857. The quantitative estimate of drug-likeness (QED) is 0.722. The van der Waals surface area contributed by atoms with E-state index in [-0.39, 0.29) is 0 Å². The number of rotatable bonds is 2. The van der Waals surface area contributed by atoms with Crippen LogP contribution in [0.25, 0.3) is 0 Å². The van der Waals surface area contributed by atoms with Crippen LogP contribution in [0.15, 0.2) is 11.6 Å². The Balaban J connectivity index is 1.90. The van der Waals surface area contributed by atoms with E-state index in [1.807, 2.05) is 0 Å². The molecule has 1 saturated heterocycles. The molecule has 2 nitrogen and oxygen atoms in total. The van der Waals surface area contributed by atoms with Crippen LogP contribution in [-0.2, 0) is 0 Å². The Hall–Kier alpha value is -0.340. The van der Waals surface area contributed by atoms with E-state index >= 15 is 0 Å². The Morgan fingerprint density at radius 3 is 2.69 bits per heavy atom. The standard InChI is InChI=1S/C14H26N2/c1-13(2)6-10-16-11-9-15-14(12-16)7-4-3-5-8-14/h6,15H,3-5,7-12H2,1-2H3. The van der Waals surface area contributed by atoms with Crippen LogP contribution in [0, 0.1) is 0 Å². The van der Waals surface area contributed by atoms with Gasteiger partial charge >= 0.3 is 0 Å². The zero-order valence-corrected chi connectivity index (χ0v) is 10.9. The third kappa shape index (κ3) is 3.08. The van der Waals surface area contributed by atoms with Crippen molar-refractivity contribution in [2.45, 2.75) is 51.5 Å². The Kier molecular flexibility index (Phi) is 4.04. The first-order chi connectivity index (χ1) is 7.70. The third-order valence-corrected chi connectivity index (χ3v) is 4.02. The van der Waals surface area contributed by atoms with Crippen LogP contribution in [0.5, 0.6) is 0 Å². The highest BCUT2D eigenvalue weighted by Gasteiger charge is 2.35. The zero-order chi connectivity index (χ0) is 11.4. The molecule has 0 aromatic rings. The number of hydrogen-bond donors (Lipinski definition) is 1. The lowest BCUT2D eigenvalue weighted by Gasteiger charge is -2.46. The highest BCUT2D eigenvalue weighted by Crippen LogP contribution is 2.30. The van der Waals surface area contributed by atoms with Gasteiger partial charge in [0.2, 0.25) is 0 Å². The first-order valence-electron chi connectivity index (χ1n) is 6.81. The maximum absolute atomic E-state index is 3.79. The maximum Gasteiger partial charge on any atom is 0.0309 e. The normalized spacial score (nSPS) is 25.6. The van der Waals surface area contributed by atoms with Crippen molar-refractivity contribution in [1.29, 1.82) is 0 Å². The van der Waals surface area contributed by atoms with Gasteiger partial charge in [0.1, 0.15) is 0 Å². The van der Waals surface area contributed by atoms with E-state index in [4.69, 9.17) is 0 Å². The van der Waals surface area contributed by atoms with E-state index in [9.17, 15) is 0 Å². The van der Waals surface area contributed by atoms with Gasteiger partial charge in [-0.1, -0.05) is 30.9 Å². The van der Waals surface area contributed by atoms with Crippen LogP contribution < -0.4 is 5.32 Å². The van der Waals surface area contributed by atoms with E-state index in [2.05, 4.69) is 30.1 Å². The van der Waals surface area contributed by atoms with Crippen molar-refractivity contribution in [2.24, 2.45) is 0 Å². The minimum Gasteiger partial charge on any atom is -0.309 e. The van der Waals surface area contributed by atoms with Crippen molar-refractivity contribution in [3.63, 3.8) is 0 Å². The summed E-state index contributed by atoms with van der Waals surface area (Å²) < 4.78 is 0. The molecule has 1 N–H and O–H groups in total. The van der Waals surface area contributed by atoms with E-state index in [0.717, 1.165) is 6.54 Å². The number of nitrogens with one attached hydrogen (secondary N) is 1. The fourth-order valence-electron chi connectivity index (χ4n) is 3.07. The largest absolute Gasteiger partial charge is 0.309 e. The molecule has 0 bridgehead atoms. The molecule has 0 aromatic heterocycles. The van der Waals surface area contributed by atoms with Crippen molar-refractivity contribution in [2.75, 3.05) is 26.2 Å². The minimum atomic E-state index is 0.464. The van der Waals surface area contributed by atoms with Gasteiger partial charge in [-0.15, -0.1) is 0 Å². The SMILES string of the molecule is CC(C)=CCN1CCNC2(CCCCC2)C1. The van der Waals surface area contributed by atoms with Gasteiger partial charge in [0, 0.05) is 31.7 Å². The summed E-state index contributed by atoms with van der Waals surface area (Å²) in [6.07, 6.45) is 9.42. The molecule has 1 heterocycles. The molecule has 1 spiro atoms. The van der Waals surface area contributed by atoms with Gasteiger partial charge in [-0.05, 0) is 26.7 Å². The molecule has 1 aliphatic carbocycles. The highest BCUT2D eigenvalue weighted by atomic mass is 15.2. The Bertz CT molecular complexity index is 242. The van der Waals surface area contributed by atoms with Gasteiger partial charge in [-0.2, -0.15) is 0 Å². The topological polar surface area (TPSA) is 15.3 Å². The second-order valence-corrected chi connectivity index (χ2v) is 5.78. The molecule has 0 unspecified atom stereocenters. The summed E-state index contributed by atoms with van der Waals surface area (Å²) in [5, 5.41) is 3.79. The molecular formula is C14H26N2. The Morgan fingerprint density at radius 2 is 2.00 bits per heavy atom. The van der Waals surface area contributed by atoms with Crippen LogP contribution in [0.4, 0.5) is 0 Å². The first-order valence-corrected chi connectivity index (χ1v) is 6.81. The maximum atomic E-state index is 3.79. The van der Waals surface area contributed by atoms with Gasteiger partial charge in [-0.3, -0.25) is 4.90 Å². The van der Waals surface area contributed by atoms with E-state index < -0.39 is 0 Å². The van der Waals surface area contributed by atoms with Crippen molar-refractivity contribution in [3.8, 4) is 0 Å². The highest BCUT2D eigenvalue weighted by molar-refractivity contribution is 5.00. The summed E-state index contributed by atoms with van der Waals surface area (Å²) in [7, 11) is 0. The van der Waals surface area contributed by atoms with Crippen molar-refractivity contribution in [3.05, 3.63) is 11.6 Å². The van der Waals surface area contributed by atoms with E-state index in [0.29, 0.717) is 5.54 Å². The van der Waals surface area contributed by atoms with Crippen molar-refractivity contribution >= 4 is 0 Å². The number of hydrogen-bond acceptors (Lipinski definition) is 2. The monoisotopic (exact) mass is 222 g/mol. The van der Waals surface area contributed by atoms with Gasteiger partial charge in [0.05, 0.1) is 0 Å². The molecule has 0 aromatic carbocycles. The van der Waals surface area contributed by atoms with Gasteiger partial charge in [0.15, 0.2) is 0 Å². The third-order valence-electron chi connectivity index (χ3n) is 4.02. The summed E-state index contributed by atoms with van der Waals surface area (Å²) in [6, 6.07) is 0. The van der Waals surface area contributed by atoms with Crippen LogP contribution in [0.2, 0.25) is 0 Å². The average Bonchev–Trinajstić information content (AvgIpc) is 2.28. The average molecular weight is 222 g/mol. The summed E-state index contributed by atoms with van der Waals surface area (Å²) in [4.78, 5) is 2.62. The molecule has 0 atom stereocenters. The first kappa shape index (κ1) is 12.1. The molecule has 2 rings (SSSR count). The smallest absolute Gasteiger partial charge is 0.0309 e. The lowest BCUT2D eigenvalue weighted by Crippen LogP contribution is -2.61. The summed E-state index contributed by atoms with van der Waals surface area (Å²) in [5.74, 6) is 0. The lowest BCUT2D eigenvalue weighted by atomic mass is 9.80. The molecule has 2 fully saturated rings. The van der Waals surface area contributed by atoms with Crippen molar-refractivity contribution in [1.82, 2.24) is 10.2 Å². The summed E-state index contributed by atoms with van der Waals surface area (Å²) in [6.45, 7) is 9.18. The van der Waals surface area contributed by atoms with Gasteiger partial charge in [-0.25, -0.2) is 0 Å². The number of nitrogens with zero attached hydrogens (tertiary/aromatic N) is 1. The molecule has 1 aliphatic heterocycles. The predicted octanol–water partition coefficient (Wildman–Crippen LogP) is 2.56. The number of piperazine rings is 1. The van der Waals surface area contributed by atoms with Crippen LogP contribution >= 0.6 is 0 Å². The Labute approximate surface area is 100 Å². The minimum absolute atomic E-state index is 0.464. The molecule has 16 heavy (non-hydrogen) atoms. The van der Waals surface area contributed by atoms with Crippen LogP contribution in [0.1, 0.15) is 46.0 Å². The van der Waals surface area contributed by atoms with Crippen LogP contribution in [-0.4, -0.2) is 36.6 Å². The molecule has 92 valence electrons. The molecule has 2 heteroatoms. The van der Waals surface area contributed by atoms with Crippen molar-refractivity contribution < 1.29 is 0 Å². The van der Waals surface area contributed by atoms with Gasteiger partial charge in [0.25, 0.3) is 0 Å². The van der Waals surface area contributed by atoms with Gasteiger partial charge < -0.3 is 5.32 Å². The number of allylic oxidation sites excluding steroid dienone is 1. The zero-order valence-electron chi connectivity index (χ0n) is 10.9. The van der Waals surface area contributed by atoms with Crippen LogP contribution in [0.3, 0.4) is 0 Å². The molecule has 1 saturated carbocycles. The second kappa shape index (κ2) is 5.33.